The second-order valence-electron chi connectivity index (χ2n) is 5.52. The van der Waals surface area contributed by atoms with Crippen LogP contribution in [0.15, 0.2) is 30.3 Å². The van der Waals surface area contributed by atoms with Crippen LogP contribution in [0.4, 0.5) is 5.69 Å². The molecule has 7 heteroatoms. The van der Waals surface area contributed by atoms with Crippen LogP contribution in [0.5, 0.6) is 0 Å². The van der Waals surface area contributed by atoms with Crippen molar-refractivity contribution in [2.75, 3.05) is 17.7 Å². The lowest BCUT2D eigenvalue weighted by molar-refractivity contribution is -0.141. The van der Waals surface area contributed by atoms with E-state index >= 15 is 0 Å². The maximum Gasteiger partial charge on any atom is 0.247 e. The molecule has 3 rings (SSSR count). The number of β-lactam (4-membered cyclic amide) rings is 1. The highest BCUT2D eigenvalue weighted by atomic mass is 35.5. The zero-order chi connectivity index (χ0) is 16.4. The second kappa shape index (κ2) is 6.42. The summed E-state index contributed by atoms with van der Waals surface area (Å²) in [6.45, 7) is 0.598. The molecule has 2 saturated heterocycles. The second-order valence-corrected chi connectivity index (χ2v) is 5.78. The van der Waals surface area contributed by atoms with E-state index in [1.165, 1.54) is 6.08 Å². The average molecular weight is 334 g/mol. The van der Waals surface area contributed by atoms with E-state index in [0.717, 1.165) is 12.0 Å². The molecule has 6 nitrogen and oxygen atoms in total. The Kier molecular flexibility index (Phi) is 4.34. The van der Waals surface area contributed by atoms with E-state index < -0.39 is 0 Å². The van der Waals surface area contributed by atoms with Gasteiger partial charge >= 0.3 is 0 Å². The predicted octanol–water partition coefficient (Wildman–Crippen LogP) is 0.976. The van der Waals surface area contributed by atoms with Gasteiger partial charge in [0.25, 0.3) is 0 Å². The van der Waals surface area contributed by atoms with Crippen LogP contribution in [0.1, 0.15) is 12.0 Å². The van der Waals surface area contributed by atoms with Crippen molar-refractivity contribution in [2.24, 2.45) is 0 Å². The maximum absolute atomic E-state index is 12.2. The number of hydrogen-bond acceptors (Lipinski definition) is 3. The smallest absolute Gasteiger partial charge is 0.247 e. The van der Waals surface area contributed by atoms with Crippen LogP contribution in [-0.2, 0) is 14.4 Å². The number of benzene rings is 1. The Labute approximate surface area is 138 Å². The van der Waals surface area contributed by atoms with Crippen LogP contribution in [0.2, 0.25) is 0 Å². The molecule has 0 unspecified atom stereocenters. The molecule has 0 spiro atoms. The highest BCUT2D eigenvalue weighted by Crippen LogP contribution is 2.25. The molecule has 3 amide bonds. The van der Waals surface area contributed by atoms with Crippen molar-refractivity contribution < 1.29 is 14.4 Å². The highest BCUT2D eigenvalue weighted by molar-refractivity contribution is 6.29. The van der Waals surface area contributed by atoms with Gasteiger partial charge in [-0.3, -0.25) is 14.4 Å². The van der Waals surface area contributed by atoms with Gasteiger partial charge in [0, 0.05) is 18.3 Å². The minimum Gasteiger partial charge on any atom is -0.349 e. The molecule has 0 aliphatic carbocycles. The summed E-state index contributed by atoms with van der Waals surface area (Å²) in [7, 11) is 0. The lowest BCUT2D eigenvalue weighted by Gasteiger charge is -2.35. The van der Waals surface area contributed by atoms with E-state index in [2.05, 4.69) is 10.6 Å². The zero-order valence-corrected chi connectivity index (χ0v) is 13.0. The normalized spacial score (nSPS) is 22.5. The number of nitrogens with zero attached hydrogens (tertiary/aromatic N) is 1. The van der Waals surface area contributed by atoms with Gasteiger partial charge < -0.3 is 15.5 Å². The number of amides is 3. The number of carbonyl (C=O) groups is 3. The average Bonchev–Trinajstić information content (AvgIpc) is 2.90. The lowest BCUT2D eigenvalue weighted by atomic mass is 10.0. The fraction of sp³-hybridized carbons (Fsp3) is 0.312. The molecule has 2 N–H and O–H groups in total. The Hall–Kier alpha value is -2.34. The lowest BCUT2D eigenvalue weighted by Crippen LogP contribution is -2.64. The molecule has 0 saturated carbocycles. The van der Waals surface area contributed by atoms with Gasteiger partial charge in [0.15, 0.2) is 0 Å². The van der Waals surface area contributed by atoms with Gasteiger partial charge in [-0.1, -0.05) is 12.1 Å². The molecule has 0 bridgehead atoms. The minimum atomic E-state index is -0.305. The Balaban J connectivity index is 1.60. The number of fused-ring (bicyclic) bond motifs is 1. The van der Waals surface area contributed by atoms with Crippen LogP contribution in [0.3, 0.4) is 0 Å². The third-order valence-corrected chi connectivity index (χ3v) is 4.25. The van der Waals surface area contributed by atoms with Gasteiger partial charge in [-0.2, -0.15) is 0 Å². The zero-order valence-electron chi connectivity index (χ0n) is 12.3. The van der Waals surface area contributed by atoms with Gasteiger partial charge in [-0.15, -0.1) is 11.6 Å². The molecule has 2 aliphatic rings. The summed E-state index contributed by atoms with van der Waals surface area (Å²) in [5, 5.41) is 5.43. The summed E-state index contributed by atoms with van der Waals surface area (Å²) in [5.74, 6) is -0.602. The molecule has 2 atom stereocenters. The molecular weight excluding hydrogens is 318 g/mol. The molecule has 23 heavy (non-hydrogen) atoms. The molecule has 0 aromatic heterocycles. The number of anilines is 1. The molecule has 2 aliphatic heterocycles. The van der Waals surface area contributed by atoms with Crippen LogP contribution in [0.25, 0.3) is 6.08 Å². The van der Waals surface area contributed by atoms with Crippen molar-refractivity contribution in [2.45, 2.75) is 18.5 Å². The van der Waals surface area contributed by atoms with Gasteiger partial charge in [0.2, 0.25) is 17.7 Å². The summed E-state index contributed by atoms with van der Waals surface area (Å²) < 4.78 is 0. The van der Waals surface area contributed by atoms with Crippen LogP contribution in [0, 0.1) is 0 Å². The number of carbonyl (C=O) groups excluding carboxylic acids is 3. The fourth-order valence-corrected chi connectivity index (χ4v) is 2.89. The van der Waals surface area contributed by atoms with E-state index in [1.807, 2.05) is 0 Å². The Morgan fingerprint density at radius 2 is 2.09 bits per heavy atom. The highest BCUT2D eigenvalue weighted by Gasteiger charge is 2.49. The number of hydrogen-bond donors (Lipinski definition) is 2. The first kappa shape index (κ1) is 15.6. The first-order valence-electron chi connectivity index (χ1n) is 7.33. The first-order chi connectivity index (χ1) is 11.1. The fourth-order valence-electron chi connectivity index (χ4n) is 2.82. The van der Waals surface area contributed by atoms with Crippen molar-refractivity contribution in [3.05, 3.63) is 35.9 Å². The number of likely N-dealkylation sites (tertiary alicyclic amines) is 1. The van der Waals surface area contributed by atoms with Crippen molar-refractivity contribution in [1.82, 2.24) is 10.2 Å². The Bertz CT molecular complexity index is 672. The summed E-state index contributed by atoms with van der Waals surface area (Å²) in [5.41, 5.74) is 1.48. The van der Waals surface area contributed by atoms with Crippen molar-refractivity contribution in [1.29, 1.82) is 0 Å². The third kappa shape index (κ3) is 3.22. The minimum absolute atomic E-state index is 0.0753. The molecule has 0 radical (unpaired) electrons. The molecule has 120 valence electrons. The van der Waals surface area contributed by atoms with Gasteiger partial charge in [-0.25, -0.2) is 0 Å². The van der Waals surface area contributed by atoms with Crippen LogP contribution >= 0.6 is 11.6 Å². The number of nitrogens with one attached hydrogen (secondary N) is 2. The quantitative estimate of drug-likeness (QED) is 0.490. The molecular formula is C16H16ClN3O3. The van der Waals surface area contributed by atoms with E-state index in [4.69, 9.17) is 11.6 Å². The third-order valence-electron chi connectivity index (χ3n) is 4.01. The van der Waals surface area contributed by atoms with Gasteiger partial charge in [0.1, 0.15) is 11.9 Å². The SMILES string of the molecule is O=C(CCl)Nc1ccc(C=CC(=O)N2CC[C@H]3NC(=O)[C@H]32)cc1. The number of rotatable bonds is 4. The van der Waals surface area contributed by atoms with E-state index in [-0.39, 0.29) is 35.7 Å². The topological polar surface area (TPSA) is 78.5 Å². The van der Waals surface area contributed by atoms with Crippen molar-refractivity contribution in [3.63, 3.8) is 0 Å². The molecule has 1 aromatic carbocycles. The van der Waals surface area contributed by atoms with Gasteiger partial charge in [0.05, 0.1) is 6.04 Å². The standard InChI is InChI=1S/C16H16ClN3O3/c17-9-13(21)18-11-4-1-10(2-5-11)3-6-14(22)20-8-7-12-15(20)16(23)19-12/h1-6,12,15H,7-9H2,(H,18,21)(H,19,23)/t12-,15+/m1/s1. The van der Waals surface area contributed by atoms with Crippen LogP contribution in [-0.4, -0.2) is 47.1 Å². The summed E-state index contributed by atoms with van der Waals surface area (Å²) >= 11 is 5.42. The summed E-state index contributed by atoms with van der Waals surface area (Å²) in [4.78, 5) is 36.5. The van der Waals surface area contributed by atoms with Crippen molar-refractivity contribution in [3.8, 4) is 0 Å². The van der Waals surface area contributed by atoms with E-state index in [9.17, 15) is 14.4 Å². The maximum atomic E-state index is 12.2. The number of halogens is 1. The molecule has 2 fully saturated rings. The van der Waals surface area contributed by atoms with Gasteiger partial charge in [-0.05, 0) is 30.2 Å². The van der Waals surface area contributed by atoms with E-state index in [1.54, 1.807) is 35.2 Å². The molecule has 1 aromatic rings. The van der Waals surface area contributed by atoms with Crippen molar-refractivity contribution >= 4 is 41.1 Å². The Morgan fingerprint density at radius 3 is 2.74 bits per heavy atom. The Morgan fingerprint density at radius 1 is 1.35 bits per heavy atom. The summed E-state index contributed by atoms with van der Waals surface area (Å²) in [6, 6.07) is 6.86. The first-order valence-corrected chi connectivity index (χ1v) is 7.87. The molecule has 2 heterocycles. The summed E-state index contributed by atoms with van der Waals surface area (Å²) in [6.07, 6.45) is 3.98. The number of alkyl halides is 1. The van der Waals surface area contributed by atoms with E-state index in [0.29, 0.717) is 12.2 Å². The largest absolute Gasteiger partial charge is 0.349 e. The predicted molar refractivity (Wildman–Crippen MR) is 86.9 cm³/mol. The van der Waals surface area contributed by atoms with Crippen LogP contribution < -0.4 is 10.6 Å². The monoisotopic (exact) mass is 333 g/mol.